The summed E-state index contributed by atoms with van der Waals surface area (Å²) < 4.78 is 28.4. The number of aryl methyl sites for hydroxylation is 1. The minimum absolute atomic E-state index is 0.0139. The molecule has 5 heterocycles. The SMILES string of the molecule is Cn1cc2cc(-c3cnc4cc(C(=O)N5CCC(F)(F)CC5)ncc4n3)cnc2n1. The quantitative estimate of drug-likeness (QED) is 0.506. The van der Waals surface area contributed by atoms with Gasteiger partial charge in [-0.05, 0) is 12.1 Å². The molecule has 0 bridgehead atoms. The van der Waals surface area contributed by atoms with Gasteiger partial charge in [-0.3, -0.25) is 14.5 Å². The third-order valence-corrected chi connectivity index (χ3v) is 5.20. The number of piperidine rings is 1. The van der Waals surface area contributed by atoms with Gasteiger partial charge in [-0.25, -0.2) is 23.7 Å². The second kappa shape index (κ2) is 6.75. The van der Waals surface area contributed by atoms with Gasteiger partial charge in [0.25, 0.3) is 11.8 Å². The van der Waals surface area contributed by atoms with Gasteiger partial charge in [0.1, 0.15) is 11.2 Å². The van der Waals surface area contributed by atoms with E-state index in [1.54, 1.807) is 23.1 Å². The van der Waals surface area contributed by atoms with Crippen molar-refractivity contribution in [3.63, 3.8) is 0 Å². The highest BCUT2D eigenvalue weighted by Gasteiger charge is 2.36. The summed E-state index contributed by atoms with van der Waals surface area (Å²) in [7, 11) is 1.83. The Morgan fingerprint density at radius 3 is 2.63 bits per heavy atom. The molecule has 1 aliphatic rings. The molecule has 1 saturated heterocycles. The van der Waals surface area contributed by atoms with E-state index in [0.29, 0.717) is 22.4 Å². The van der Waals surface area contributed by atoms with Crippen LogP contribution in [-0.4, -0.2) is 59.5 Å². The van der Waals surface area contributed by atoms with Crippen molar-refractivity contribution in [2.75, 3.05) is 13.1 Å². The average molecular weight is 409 g/mol. The molecule has 0 unspecified atom stereocenters. The number of halogens is 2. The predicted octanol–water partition coefficient (Wildman–Crippen LogP) is 2.84. The van der Waals surface area contributed by atoms with E-state index in [9.17, 15) is 13.6 Å². The summed E-state index contributed by atoms with van der Waals surface area (Å²) >= 11 is 0. The van der Waals surface area contributed by atoms with Crippen molar-refractivity contribution in [2.45, 2.75) is 18.8 Å². The maximum atomic E-state index is 13.3. The molecule has 0 radical (unpaired) electrons. The molecule has 1 amide bonds. The Labute approximate surface area is 169 Å². The van der Waals surface area contributed by atoms with E-state index in [1.165, 1.54) is 11.1 Å². The molecule has 0 aromatic carbocycles. The number of alkyl halides is 2. The molecule has 0 aliphatic carbocycles. The molecule has 0 saturated carbocycles. The highest BCUT2D eigenvalue weighted by Crippen LogP contribution is 2.28. The number of rotatable bonds is 2. The lowest BCUT2D eigenvalue weighted by molar-refractivity contribution is -0.0495. The number of aromatic nitrogens is 6. The number of amides is 1. The molecule has 4 aromatic rings. The number of fused-ring (bicyclic) bond motifs is 2. The van der Waals surface area contributed by atoms with E-state index in [4.69, 9.17) is 0 Å². The van der Waals surface area contributed by atoms with Crippen molar-refractivity contribution in [2.24, 2.45) is 7.05 Å². The first-order valence-electron chi connectivity index (χ1n) is 9.48. The van der Waals surface area contributed by atoms with Gasteiger partial charge in [0.2, 0.25) is 0 Å². The van der Waals surface area contributed by atoms with Crippen LogP contribution in [0.1, 0.15) is 23.3 Å². The standard InChI is InChI=1S/C20H17F2N7O/c1-28-11-13-6-12(8-25-18(13)27-28)16-9-23-14-7-15(24-10-17(14)26-16)19(30)29-4-2-20(21,22)3-5-29/h6-11H,2-5H2,1H3. The molecule has 8 nitrogen and oxygen atoms in total. The van der Waals surface area contributed by atoms with Crippen LogP contribution in [0, 0.1) is 0 Å². The highest BCUT2D eigenvalue weighted by molar-refractivity contribution is 5.95. The van der Waals surface area contributed by atoms with Crippen LogP contribution in [0.5, 0.6) is 0 Å². The van der Waals surface area contributed by atoms with E-state index >= 15 is 0 Å². The van der Waals surface area contributed by atoms with Gasteiger partial charge in [-0.15, -0.1) is 0 Å². The fourth-order valence-electron chi connectivity index (χ4n) is 3.54. The zero-order valence-electron chi connectivity index (χ0n) is 16.1. The Morgan fingerprint density at radius 2 is 1.83 bits per heavy atom. The van der Waals surface area contributed by atoms with Crippen LogP contribution < -0.4 is 0 Å². The van der Waals surface area contributed by atoms with Crippen molar-refractivity contribution in [1.82, 2.24) is 34.6 Å². The smallest absolute Gasteiger partial charge is 0.272 e. The summed E-state index contributed by atoms with van der Waals surface area (Å²) in [5.41, 5.74) is 3.28. The van der Waals surface area contributed by atoms with E-state index in [2.05, 4.69) is 25.0 Å². The molecule has 0 N–H and O–H groups in total. The minimum Gasteiger partial charge on any atom is -0.337 e. The number of hydrogen-bond donors (Lipinski definition) is 0. The van der Waals surface area contributed by atoms with Crippen molar-refractivity contribution in [3.05, 3.63) is 42.6 Å². The summed E-state index contributed by atoms with van der Waals surface area (Å²) in [4.78, 5) is 31.6. The summed E-state index contributed by atoms with van der Waals surface area (Å²) in [6, 6.07) is 3.48. The van der Waals surface area contributed by atoms with Gasteiger partial charge in [0.15, 0.2) is 5.65 Å². The van der Waals surface area contributed by atoms with Crippen LogP contribution in [0.4, 0.5) is 8.78 Å². The van der Waals surface area contributed by atoms with Crippen LogP contribution in [0.2, 0.25) is 0 Å². The molecular formula is C20H17F2N7O. The van der Waals surface area contributed by atoms with Crippen molar-refractivity contribution in [3.8, 4) is 11.3 Å². The van der Waals surface area contributed by atoms with Gasteiger partial charge < -0.3 is 4.90 Å². The van der Waals surface area contributed by atoms with E-state index in [-0.39, 0.29) is 37.5 Å². The predicted molar refractivity (Wildman–Crippen MR) is 105 cm³/mol. The first-order chi connectivity index (χ1) is 14.4. The first-order valence-corrected chi connectivity index (χ1v) is 9.48. The lowest BCUT2D eigenvalue weighted by Gasteiger charge is -2.31. The summed E-state index contributed by atoms with van der Waals surface area (Å²) in [6.45, 7) is 0.0278. The zero-order valence-corrected chi connectivity index (χ0v) is 16.1. The molecule has 0 atom stereocenters. The van der Waals surface area contributed by atoms with Gasteiger partial charge in [0.05, 0.1) is 23.6 Å². The summed E-state index contributed by atoms with van der Waals surface area (Å²) in [5.74, 6) is -3.08. The Hall–Kier alpha value is -3.56. The molecule has 152 valence electrons. The number of likely N-dealkylation sites (tertiary alicyclic amines) is 1. The first kappa shape index (κ1) is 18.5. The van der Waals surface area contributed by atoms with E-state index in [1.807, 2.05) is 19.3 Å². The van der Waals surface area contributed by atoms with Crippen molar-refractivity contribution < 1.29 is 13.6 Å². The molecule has 5 rings (SSSR count). The monoisotopic (exact) mass is 409 g/mol. The minimum atomic E-state index is -2.71. The normalized spacial score (nSPS) is 16.3. The van der Waals surface area contributed by atoms with E-state index in [0.717, 1.165) is 10.9 Å². The zero-order chi connectivity index (χ0) is 20.9. The fraction of sp³-hybridized carbons (Fsp3) is 0.300. The Bertz CT molecular complexity index is 1280. The van der Waals surface area contributed by atoms with Gasteiger partial charge in [0, 0.05) is 56.3 Å². The number of carbonyl (C=O) groups is 1. The van der Waals surface area contributed by atoms with Crippen LogP contribution in [-0.2, 0) is 7.05 Å². The molecule has 0 spiro atoms. The number of carbonyl (C=O) groups excluding carboxylic acids is 1. The third kappa shape index (κ3) is 3.34. The maximum absolute atomic E-state index is 13.3. The second-order valence-corrected chi connectivity index (χ2v) is 7.40. The van der Waals surface area contributed by atoms with Crippen molar-refractivity contribution in [1.29, 1.82) is 0 Å². The van der Waals surface area contributed by atoms with Crippen LogP contribution >= 0.6 is 0 Å². The lowest BCUT2D eigenvalue weighted by atomic mass is 10.1. The molecular weight excluding hydrogens is 392 g/mol. The van der Waals surface area contributed by atoms with Gasteiger partial charge in [-0.2, -0.15) is 5.10 Å². The fourth-order valence-corrected chi connectivity index (χ4v) is 3.54. The third-order valence-electron chi connectivity index (χ3n) is 5.20. The Kier molecular flexibility index (Phi) is 4.16. The molecule has 4 aromatic heterocycles. The van der Waals surface area contributed by atoms with Crippen molar-refractivity contribution >= 4 is 28.0 Å². The second-order valence-electron chi connectivity index (χ2n) is 7.40. The molecule has 30 heavy (non-hydrogen) atoms. The van der Waals surface area contributed by atoms with Crippen LogP contribution in [0.3, 0.4) is 0 Å². The molecule has 1 fully saturated rings. The average Bonchev–Trinajstić information content (AvgIpc) is 3.11. The summed E-state index contributed by atoms with van der Waals surface area (Å²) in [6.07, 6.45) is 5.99. The largest absolute Gasteiger partial charge is 0.337 e. The lowest BCUT2D eigenvalue weighted by Crippen LogP contribution is -2.43. The number of pyridine rings is 2. The Morgan fingerprint density at radius 1 is 1.03 bits per heavy atom. The maximum Gasteiger partial charge on any atom is 0.272 e. The van der Waals surface area contributed by atoms with E-state index < -0.39 is 5.92 Å². The number of nitrogens with zero attached hydrogens (tertiary/aromatic N) is 7. The highest BCUT2D eigenvalue weighted by atomic mass is 19.3. The Balaban J connectivity index is 1.42. The van der Waals surface area contributed by atoms with Gasteiger partial charge in [-0.1, -0.05) is 0 Å². The molecule has 10 heteroatoms. The number of hydrogen-bond acceptors (Lipinski definition) is 6. The topological polar surface area (TPSA) is 89.7 Å². The summed E-state index contributed by atoms with van der Waals surface area (Å²) in [5, 5.41) is 5.14. The van der Waals surface area contributed by atoms with Crippen LogP contribution in [0.25, 0.3) is 33.3 Å². The van der Waals surface area contributed by atoms with Crippen LogP contribution in [0.15, 0.2) is 36.9 Å². The van der Waals surface area contributed by atoms with Gasteiger partial charge >= 0.3 is 0 Å². The molecule has 1 aliphatic heterocycles.